The van der Waals surface area contributed by atoms with E-state index < -0.39 is 50.6 Å². The van der Waals surface area contributed by atoms with E-state index in [0.29, 0.717) is 32.9 Å². The van der Waals surface area contributed by atoms with Crippen molar-refractivity contribution in [1.29, 1.82) is 0 Å². The maximum Gasteiger partial charge on any atom is 0.255 e. The number of imide groups is 1. The van der Waals surface area contributed by atoms with Gasteiger partial charge in [0.1, 0.15) is 18.4 Å². The van der Waals surface area contributed by atoms with Gasteiger partial charge in [-0.3, -0.25) is 24.6 Å². The Balaban J connectivity index is 1.30. The zero-order chi connectivity index (χ0) is 31.8. The van der Waals surface area contributed by atoms with E-state index in [1.54, 1.807) is 30.3 Å². The van der Waals surface area contributed by atoms with Gasteiger partial charge in [-0.05, 0) is 55.4 Å². The minimum absolute atomic E-state index is 0.0556. The number of rotatable bonds is 6. The van der Waals surface area contributed by atoms with E-state index in [1.807, 2.05) is 0 Å². The fourth-order valence-electron chi connectivity index (χ4n) is 4.11. The Morgan fingerprint density at radius 3 is 2.52 bits per heavy atom. The van der Waals surface area contributed by atoms with E-state index in [-0.39, 0.29) is 37.8 Å². The highest BCUT2D eigenvalue weighted by atomic mass is 16.5. The minimum atomic E-state index is -3.47. The fourth-order valence-corrected chi connectivity index (χ4v) is 4.11. The van der Waals surface area contributed by atoms with Gasteiger partial charge in [0.05, 0.1) is 6.54 Å². The molecule has 0 aliphatic carbocycles. The van der Waals surface area contributed by atoms with E-state index >= 15 is 0 Å². The number of ether oxygens (including phenoxy) is 1. The summed E-state index contributed by atoms with van der Waals surface area (Å²) in [7, 11) is 0. The minimum Gasteiger partial charge on any atom is -0.489 e. The lowest BCUT2D eigenvalue weighted by Gasteiger charge is -2.29. The second-order valence-corrected chi connectivity index (χ2v) is 7.97. The van der Waals surface area contributed by atoms with Gasteiger partial charge in [-0.25, -0.2) is 0 Å². The number of carbonyl (C=O) groups excluding carboxylic acids is 3. The molecule has 2 fully saturated rings. The number of nitrogens with one attached hydrogen (secondary N) is 1. The summed E-state index contributed by atoms with van der Waals surface area (Å²) < 4.78 is 87.3. The number of nitrogens with zero attached hydrogens (tertiary/aromatic N) is 2. The topological polar surface area (TPSA) is 79.0 Å². The molecule has 2 aromatic rings. The summed E-state index contributed by atoms with van der Waals surface area (Å²) in [5.74, 6) is -0.799. The Bertz CT molecular complexity index is 1450. The van der Waals surface area contributed by atoms with Crippen molar-refractivity contribution in [3.8, 4) is 5.75 Å². The molecular weight excluding hydrogens is 418 g/mol. The molecule has 2 saturated heterocycles. The number of benzene rings is 2. The van der Waals surface area contributed by atoms with Crippen molar-refractivity contribution < 1.29 is 32.8 Å². The molecule has 3 aliphatic rings. The van der Waals surface area contributed by atoms with Gasteiger partial charge in [0, 0.05) is 37.8 Å². The third kappa shape index (κ3) is 4.64. The molecular formula is C26H29N3O4. The Hall–Kier alpha value is -3.19. The predicted molar refractivity (Wildman–Crippen MR) is 122 cm³/mol. The average molecular weight is 458 g/mol. The lowest BCUT2D eigenvalue weighted by molar-refractivity contribution is -0.136. The summed E-state index contributed by atoms with van der Waals surface area (Å²) in [5, 5.41) is 2.26. The van der Waals surface area contributed by atoms with Crippen LogP contribution in [-0.4, -0.2) is 46.6 Å². The standard InChI is InChI=1S/C26H29N3O4/c30-24-12-11-22(25(31)27-24)29-16-21-20(26(29)32)5-4-6-23(21)33-17-19-9-7-18(8-10-19)15-28-13-2-1-3-14-28/h4-10,22H,1-3,11-17H2,(H,27,30,31)/i1D2,2D2,3D2,13D2,14D2. The highest BCUT2D eigenvalue weighted by Gasteiger charge is 2.40. The first-order chi connectivity index (χ1) is 19.8. The SMILES string of the molecule is [2H]C1([2H])N(Cc2ccc(COc3cccc4c3CN(C3CCC(=O)NC3=O)C4=O)cc2)C([2H])([2H])C([2H])([2H])C([2H])([2H])C1([2H])[2H]. The molecule has 3 aliphatic heterocycles. The molecule has 0 spiro atoms. The normalized spacial score (nSPS) is 33.3. The molecule has 0 aromatic heterocycles. The molecule has 0 saturated carbocycles. The Morgan fingerprint density at radius 1 is 1.00 bits per heavy atom. The average Bonchev–Trinajstić information content (AvgIpc) is 3.26. The molecule has 3 heterocycles. The number of hydrogen-bond donors (Lipinski definition) is 1. The molecule has 1 unspecified atom stereocenters. The van der Waals surface area contributed by atoms with Gasteiger partial charge in [0.15, 0.2) is 0 Å². The van der Waals surface area contributed by atoms with E-state index in [4.69, 9.17) is 18.4 Å². The van der Waals surface area contributed by atoms with Crippen LogP contribution in [0.25, 0.3) is 0 Å². The number of hydrogen-bond acceptors (Lipinski definition) is 5. The van der Waals surface area contributed by atoms with Crippen molar-refractivity contribution >= 4 is 17.7 Å². The van der Waals surface area contributed by atoms with Gasteiger partial charge in [0.25, 0.3) is 5.91 Å². The smallest absolute Gasteiger partial charge is 0.255 e. The number of fused-ring (bicyclic) bond motifs is 1. The van der Waals surface area contributed by atoms with Crippen LogP contribution < -0.4 is 10.1 Å². The van der Waals surface area contributed by atoms with Crippen molar-refractivity contribution in [2.45, 2.75) is 57.7 Å². The lowest BCUT2D eigenvalue weighted by atomic mass is 10.0. The van der Waals surface area contributed by atoms with Crippen LogP contribution in [0.15, 0.2) is 42.5 Å². The molecule has 33 heavy (non-hydrogen) atoms. The third-order valence-corrected chi connectivity index (χ3v) is 5.80. The van der Waals surface area contributed by atoms with Crippen LogP contribution in [0.2, 0.25) is 0 Å². The second-order valence-electron chi connectivity index (χ2n) is 7.97. The molecule has 7 nitrogen and oxygen atoms in total. The zero-order valence-electron chi connectivity index (χ0n) is 27.7. The first-order valence-corrected chi connectivity index (χ1v) is 10.6. The largest absolute Gasteiger partial charge is 0.489 e. The van der Waals surface area contributed by atoms with Crippen LogP contribution in [0.1, 0.15) is 72.7 Å². The van der Waals surface area contributed by atoms with E-state index in [2.05, 4.69) is 5.32 Å². The summed E-state index contributed by atoms with van der Waals surface area (Å²) in [6.45, 7) is -6.74. The number of amides is 3. The molecule has 172 valence electrons. The van der Waals surface area contributed by atoms with Gasteiger partial charge >= 0.3 is 0 Å². The van der Waals surface area contributed by atoms with Crippen molar-refractivity contribution in [3.05, 3.63) is 64.7 Å². The Kier molecular flexibility index (Phi) is 3.65. The molecule has 3 amide bonds. The highest BCUT2D eigenvalue weighted by molar-refractivity contribution is 6.05. The first-order valence-electron chi connectivity index (χ1n) is 15.6. The van der Waals surface area contributed by atoms with Crippen LogP contribution in [0.3, 0.4) is 0 Å². The second kappa shape index (κ2) is 9.35. The highest BCUT2D eigenvalue weighted by Crippen LogP contribution is 2.34. The van der Waals surface area contributed by atoms with Crippen LogP contribution in [0.4, 0.5) is 0 Å². The van der Waals surface area contributed by atoms with Crippen LogP contribution in [0, 0.1) is 0 Å². The maximum absolute atomic E-state index is 13.0. The Labute approximate surface area is 207 Å². The van der Waals surface area contributed by atoms with Crippen molar-refractivity contribution in [3.63, 3.8) is 0 Å². The quantitative estimate of drug-likeness (QED) is 0.675. The Morgan fingerprint density at radius 2 is 1.76 bits per heavy atom. The van der Waals surface area contributed by atoms with Crippen molar-refractivity contribution in [1.82, 2.24) is 15.1 Å². The van der Waals surface area contributed by atoms with Gasteiger partial charge in [-0.15, -0.1) is 0 Å². The molecule has 7 heteroatoms. The maximum atomic E-state index is 13.0. The number of likely N-dealkylation sites (tertiary alicyclic amines) is 1. The van der Waals surface area contributed by atoms with Crippen LogP contribution in [-0.2, 0) is 29.3 Å². The van der Waals surface area contributed by atoms with E-state index in [1.165, 1.54) is 17.0 Å². The fraction of sp³-hybridized carbons (Fsp3) is 0.423. The number of piperidine rings is 2. The molecule has 5 rings (SSSR count). The monoisotopic (exact) mass is 457 g/mol. The van der Waals surface area contributed by atoms with Crippen molar-refractivity contribution in [2.75, 3.05) is 13.0 Å². The summed E-state index contributed by atoms with van der Waals surface area (Å²) in [5.41, 5.74) is 1.98. The van der Waals surface area contributed by atoms with Crippen LogP contribution >= 0.6 is 0 Å². The van der Waals surface area contributed by atoms with Gasteiger partial charge < -0.3 is 9.64 Å². The van der Waals surface area contributed by atoms with Gasteiger partial charge in [-0.2, -0.15) is 0 Å². The van der Waals surface area contributed by atoms with Crippen LogP contribution in [0.5, 0.6) is 5.75 Å². The zero-order valence-corrected chi connectivity index (χ0v) is 17.7. The summed E-state index contributed by atoms with van der Waals surface area (Å²) in [6.07, 6.45) is -9.86. The summed E-state index contributed by atoms with van der Waals surface area (Å²) in [6, 6.07) is 10.5. The molecule has 0 radical (unpaired) electrons. The predicted octanol–water partition coefficient (Wildman–Crippen LogP) is 3.01. The van der Waals surface area contributed by atoms with Gasteiger partial charge in [-0.1, -0.05) is 36.7 Å². The molecule has 2 aromatic carbocycles. The summed E-state index contributed by atoms with van der Waals surface area (Å²) >= 11 is 0. The van der Waals surface area contributed by atoms with Crippen molar-refractivity contribution in [2.24, 2.45) is 0 Å². The summed E-state index contributed by atoms with van der Waals surface area (Å²) in [4.78, 5) is 38.7. The van der Waals surface area contributed by atoms with Gasteiger partial charge in [0.2, 0.25) is 11.8 Å². The first kappa shape index (κ1) is 12.9. The van der Waals surface area contributed by atoms with E-state index in [0.717, 1.165) is 0 Å². The molecule has 1 atom stereocenters. The third-order valence-electron chi connectivity index (χ3n) is 5.80. The molecule has 0 bridgehead atoms. The molecule has 1 N–H and O–H groups in total. The number of carbonyl (C=O) groups is 3. The lowest BCUT2D eigenvalue weighted by Crippen LogP contribution is -2.52. The van der Waals surface area contributed by atoms with E-state index in [9.17, 15) is 14.4 Å².